The highest BCUT2D eigenvalue weighted by molar-refractivity contribution is 5.89. The topological polar surface area (TPSA) is 98.0 Å². The van der Waals surface area contributed by atoms with E-state index in [4.69, 9.17) is 10.2 Å². The predicted molar refractivity (Wildman–Crippen MR) is 50.7 cm³/mol. The van der Waals surface area contributed by atoms with Crippen LogP contribution in [-0.2, 0) is 0 Å². The highest BCUT2D eigenvalue weighted by atomic mass is 16.4. The molecule has 0 saturated heterocycles. The van der Waals surface area contributed by atoms with Gasteiger partial charge in [0, 0.05) is 0 Å². The number of hydrogen-bond acceptors (Lipinski definition) is 4. The van der Waals surface area contributed by atoms with Gasteiger partial charge >= 0.3 is 5.97 Å². The SMILES string of the molecule is O=C(O)c1cc(O)c(C#CCO)c(O)c1. The van der Waals surface area contributed by atoms with Crippen molar-refractivity contribution in [2.75, 3.05) is 6.61 Å². The molecule has 0 heterocycles. The Labute approximate surface area is 85.2 Å². The summed E-state index contributed by atoms with van der Waals surface area (Å²) in [6.07, 6.45) is 0. The Morgan fingerprint density at radius 2 is 1.80 bits per heavy atom. The molecule has 1 aromatic rings. The van der Waals surface area contributed by atoms with Gasteiger partial charge in [-0.15, -0.1) is 0 Å². The van der Waals surface area contributed by atoms with Crippen LogP contribution < -0.4 is 0 Å². The summed E-state index contributed by atoms with van der Waals surface area (Å²) in [5, 5.41) is 35.7. The van der Waals surface area contributed by atoms with E-state index in [2.05, 4.69) is 11.8 Å². The molecule has 0 saturated carbocycles. The van der Waals surface area contributed by atoms with E-state index < -0.39 is 24.1 Å². The van der Waals surface area contributed by atoms with E-state index in [1.54, 1.807) is 0 Å². The molecule has 1 aromatic carbocycles. The maximum atomic E-state index is 10.5. The lowest BCUT2D eigenvalue weighted by Gasteiger charge is -2.02. The number of carboxylic acids is 1. The third-order valence-corrected chi connectivity index (χ3v) is 1.64. The van der Waals surface area contributed by atoms with Crippen LogP contribution in [-0.4, -0.2) is 33.0 Å². The van der Waals surface area contributed by atoms with Crippen LogP contribution in [0.15, 0.2) is 12.1 Å². The van der Waals surface area contributed by atoms with Crippen LogP contribution in [0.1, 0.15) is 15.9 Å². The average molecular weight is 208 g/mol. The zero-order valence-electron chi connectivity index (χ0n) is 7.56. The van der Waals surface area contributed by atoms with Gasteiger partial charge in [0.25, 0.3) is 0 Å². The minimum Gasteiger partial charge on any atom is -0.506 e. The molecule has 0 bridgehead atoms. The van der Waals surface area contributed by atoms with E-state index in [1.807, 2.05) is 0 Å². The monoisotopic (exact) mass is 208 g/mol. The van der Waals surface area contributed by atoms with Crippen molar-refractivity contribution in [1.82, 2.24) is 0 Å². The van der Waals surface area contributed by atoms with Gasteiger partial charge in [-0.3, -0.25) is 0 Å². The number of carbonyl (C=O) groups is 1. The van der Waals surface area contributed by atoms with Crippen LogP contribution >= 0.6 is 0 Å². The number of phenolic OH excluding ortho intramolecular Hbond substituents is 2. The Morgan fingerprint density at radius 3 is 2.20 bits per heavy atom. The highest BCUT2D eigenvalue weighted by Gasteiger charge is 2.11. The van der Waals surface area contributed by atoms with Crippen LogP contribution in [0.3, 0.4) is 0 Å². The largest absolute Gasteiger partial charge is 0.506 e. The van der Waals surface area contributed by atoms with Gasteiger partial charge < -0.3 is 20.4 Å². The molecule has 0 unspecified atom stereocenters. The number of aliphatic hydroxyl groups is 1. The third kappa shape index (κ3) is 2.39. The van der Waals surface area contributed by atoms with E-state index in [1.165, 1.54) is 0 Å². The van der Waals surface area contributed by atoms with Crippen LogP contribution in [0.2, 0.25) is 0 Å². The number of aromatic carboxylic acids is 1. The first-order valence-corrected chi connectivity index (χ1v) is 3.95. The Kier molecular flexibility index (Phi) is 3.16. The van der Waals surface area contributed by atoms with Crippen molar-refractivity contribution >= 4 is 5.97 Å². The summed E-state index contributed by atoms with van der Waals surface area (Å²) in [5.74, 6) is 2.40. The number of phenols is 2. The number of hydrogen-bond donors (Lipinski definition) is 4. The smallest absolute Gasteiger partial charge is 0.335 e. The first-order chi connectivity index (χ1) is 7.06. The zero-order valence-corrected chi connectivity index (χ0v) is 7.56. The van der Waals surface area contributed by atoms with E-state index >= 15 is 0 Å². The van der Waals surface area contributed by atoms with Crippen LogP contribution in [0.25, 0.3) is 0 Å². The molecule has 15 heavy (non-hydrogen) atoms. The first-order valence-electron chi connectivity index (χ1n) is 3.95. The quantitative estimate of drug-likeness (QED) is 0.492. The summed E-state index contributed by atoms with van der Waals surface area (Å²) >= 11 is 0. The second-order valence-corrected chi connectivity index (χ2v) is 2.65. The Morgan fingerprint density at radius 1 is 1.27 bits per heavy atom. The molecule has 5 heteroatoms. The molecule has 5 nitrogen and oxygen atoms in total. The summed E-state index contributed by atoms with van der Waals surface area (Å²) in [6.45, 7) is -0.417. The lowest BCUT2D eigenvalue weighted by molar-refractivity contribution is 0.0696. The van der Waals surface area contributed by atoms with Gasteiger partial charge in [0.2, 0.25) is 0 Å². The third-order valence-electron chi connectivity index (χ3n) is 1.64. The van der Waals surface area contributed by atoms with Crippen molar-refractivity contribution < 1.29 is 25.2 Å². The number of aromatic hydroxyl groups is 2. The fourth-order valence-electron chi connectivity index (χ4n) is 0.991. The van der Waals surface area contributed by atoms with Gasteiger partial charge in [0.05, 0.1) is 5.56 Å². The zero-order chi connectivity index (χ0) is 11.4. The molecule has 0 amide bonds. The molecule has 0 spiro atoms. The number of rotatable bonds is 1. The summed E-state index contributed by atoms with van der Waals surface area (Å²) in [5.41, 5.74) is -0.339. The summed E-state index contributed by atoms with van der Waals surface area (Å²) in [4.78, 5) is 10.5. The maximum absolute atomic E-state index is 10.5. The standard InChI is InChI=1S/C10H8O5/c11-3-1-2-7-8(12)4-6(10(14)15)5-9(7)13/h4-5,11-13H,3H2,(H,14,15). The first kappa shape index (κ1) is 10.9. The van der Waals surface area contributed by atoms with Crippen LogP contribution in [0, 0.1) is 11.8 Å². The fraction of sp³-hybridized carbons (Fsp3) is 0.100. The molecule has 0 aromatic heterocycles. The van der Waals surface area contributed by atoms with Gasteiger partial charge in [-0.1, -0.05) is 11.8 Å². The molecule has 0 aliphatic carbocycles. The number of benzene rings is 1. The Balaban J connectivity index is 3.27. The summed E-state index contributed by atoms with van der Waals surface area (Å²) < 4.78 is 0. The lowest BCUT2D eigenvalue weighted by atomic mass is 10.1. The van der Waals surface area contributed by atoms with Gasteiger partial charge in [-0.25, -0.2) is 4.79 Å². The second kappa shape index (κ2) is 4.35. The second-order valence-electron chi connectivity index (χ2n) is 2.65. The summed E-state index contributed by atoms with van der Waals surface area (Å²) in [7, 11) is 0. The van der Waals surface area contributed by atoms with Gasteiger partial charge in [-0.05, 0) is 12.1 Å². The molecule has 0 aliphatic heterocycles. The van der Waals surface area contributed by atoms with E-state index in [0.717, 1.165) is 12.1 Å². The minimum absolute atomic E-state index is 0.103. The normalized spacial score (nSPS) is 9.13. The molecular weight excluding hydrogens is 200 g/mol. The molecular formula is C10H8O5. The maximum Gasteiger partial charge on any atom is 0.335 e. The van der Waals surface area contributed by atoms with Crippen molar-refractivity contribution in [2.45, 2.75) is 0 Å². The average Bonchev–Trinajstić information content (AvgIpc) is 2.16. The van der Waals surface area contributed by atoms with Gasteiger partial charge in [-0.2, -0.15) is 0 Å². The van der Waals surface area contributed by atoms with E-state index in [9.17, 15) is 15.0 Å². The van der Waals surface area contributed by atoms with E-state index in [0.29, 0.717) is 0 Å². The van der Waals surface area contributed by atoms with Crippen molar-refractivity contribution in [3.8, 4) is 23.3 Å². The predicted octanol–water partition coefficient (Wildman–Crippen LogP) is 0.140. The Bertz CT molecular complexity index is 430. The minimum atomic E-state index is -1.26. The van der Waals surface area contributed by atoms with Crippen molar-refractivity contribution in [2.24, 2.45) is 0 Å². The molecule has 78 valence electrons. The lowest BCUT2D eigenvalue weighted by Crippen LogP contribution is -1.96. The van der Waals surface area contributed by atoms with Crippen molar-refractivity contribution in [3.05, 3.63) is 23.3 Å². The van der Waals surface area contributed by atoms with Crippen molar-refractivity contribution in [1.29, 1.82) is 0 Å². The Hall–Kier alpha value is -2.19. The van der Waals surface area contributed by atoms with Gasteiger partial charge in [0.1, 0.15) is 23.7 Å². The molecule has 1 rings (SSSR count). The van der Waals surface area contributed by atoms with Crippen LogP contribution in [0.5, 0.6) is 11.5 Å². The molecule has 4 N–H and O–H groups in total. The van der Waals surface area contributed by atoms with E-state index in [-0.39, 0.29) is 11.1 Å². The van der Waals surface area contributed by atoms with Crippen molar-refractivity contribution in [3.63, 3.8) is 0 Å². The molecule has 0 aliphatic rings. The number of aliphatic hydroxyl groups excluding tert-OH is 1. The number of carboxylic acid groups (broad SMARTS) is 1. The molecule has 0 atom stereocenters. The molecule has 0 radical (unpaired) electrons. The van der Waals surface area contributed by atoms with Crippen LogP contribution in [0.4, 0.5) is 0 Å². The van der Waals surface area contributed by atoms with Gasteiger partial charge in [0.15, 0.2) is 0 Å². The molecule has 0 fully saturated rings. The summed E-state index contributed by atoms with van der Waals surface area (Å²) in [6, 6.07) is 1.95. The highest BCUT2D eigenvalue weighted by Crippen LogP contribution is 2.27. The fourth-order valence-corrected chi connectivity index (χ4v) is 0.991.